The van der Waals surface area contributed by atoms with E-state index in [4.69, 9.17) is 4.42 Å². The molecule has 4 rings (SSSR count). The minimum absolute atomic E-state index is 0.0209. The van der Waals surface area contributed by atoms with Gasteiger partial charge in [0.15, 0.2) is 5.78 Å². The number of carbonyl (C=O) groups is 3. The Balaban J connectivity index is 1.68. The van der Waals surface area contributed by atoms with Gasteiger partial charge < -0.3 is 4.42 Å². The molecule has 2 amide bonds. The van der Waals surface area contributed by atoms with Crippen molar-refractivity contribution in [1.29, 1.82) is 5.26 Å². The standard InChI is InChI=1S/C27H20N2O4/c1-17-23(14-22-12-13-25(33-22)21-10-8-20(9-11-21)18(2)30)26(31)29(27(32)24(17)15-28)16-19-6-4-3-5-7-19/h3-14H,16H2,1-2H3/b23-14+. The third-order valence-electron chi connectivity index (χ3n) is 5.50. The van der Waals surface area contributed by atoms with Crippen molar-refractivity contribution in [3.8, 4) is 17.4 Å². The number of ketones is 1. The van der Waals surface area contributed by atoms with E-state index in [0.29, 0.717) is 22.7 Å². The van der Waals surface area contributed by atoms with Gasteiger partial charge >= 0.3 is 0 Å². The van der Waals surface area contributed by atoms with Crippen LogP contribution in [0.25, 0.3) is 17.4 Å². The van der Waals surface area contributed by atoms with Gasteiger partial charge in [0.1, 0.15) is 23.2 Å². The van der Waals surface area contributed by atoms with Gasteiger partial charge in [0.2, 0.25) is 0 Å². The first-order chi connectivity index (χ1) is 15.9. The summed E-state index contributed by atoms with van der Waals surface area (Å²) in [6.07, 6.45) is 1.55. The van der Waals surface area contributed by atoms with Crippen LogP contribution in [-0.4, -0.2) is 22.5 Å². The number of Topliss-reactive ketones (excluding diaryl/α,β-unsaturated/α-hetero) is 1. The highest BCUT2D eigenvalue weighted by atomic mass is 16.3. The van der Waals surface area contributed by atoms with Crippen molar-refractivity contribution in [3.63, 3.8) is 0 Å². The van der Waals surface area contributed by atoms with E-state index in [1.54, 1.807) is 49.4 Å². The summed E-state index contributed by atoms with van der Waals surface area (Å²) < 4.78 is 5.90. The topological polar surface area (TPSA) is 91.4 Å². The molecule has 2 heterocycles. The molecular weight excluding hydrogens is 416 g/mol. The van der Waals surface area contributed by atoms with Gasteiger partial charge in [-0.2, -0.15) is 5.26 Å². The number of nitrogens with zero attached hydrogens (tertiary/aromatic N) is 2. The molecule has 6 heteroatoms. The predicted molar refractivity (Wildman–Crippen MR) is 122 cm³/mol. The van der Waals surface area contributed by atoms with Crippen molar-refractivity contribution in [3.05, 3.63) is 100 Å². The molecule has 33 heavy (non-hydrogen) atoms. The number of furan rings is 1. The third-order valence-corrected chi connectivity index (χ3v) is 5.50. The number of carbonyl (C=O) groups excluding carboxylic acids is 3. The molecule has 0 N–H and O–H groups in total. The molecule has 2 aromatic carbocycles. The second-order valence-electron chi connectivity index (χ2n) is 7.69. The van der Waals surface area contributed by atoms with Gasteiger partial charge in [-0.25, -0.2) is 0 Å². The van der Waals surface area contributed by atoms with Gasteiger partial charge in [-0.1, -0.05) is 54.6 Å². The van der Waals surface area contributed by atoms with E-state index in [2.05, 4.69) is 0 Å². The average molecular weight is 436 g/mol. The Morgan fingerprint density at radius 1 is 1.00 bits per heavy atom. The number of hydrogen-bond acceptors (Lipinski definition) is 5. The van der Waals surface area contributed by atoms with Gasteiger partial charge in [-0.15, -0.1) is 0 Å². The lowest BCUT2D eigenvalue weighted by atomic mass is 9.94. The molecule has 0 saturated heterocycles. The van der Waals surface area contributed by atoms with Gasteiger partial charge in [0.25, 0.3) is 11.8 Å². The van der Waals surface area contributed by atoms with Crippen LogP contribution < -0.4 is 0 Å². The quantitative estimate of drug-likeness (QED) is 0.321. The highest BCUT2D eigenvalue weighted by Crippen LogP contribution is 2.30. The van der Waals surface area contributed by atoms with Crippen LogP contribution in [0.4, 0.5) is 0 Å². The minimum Gasteiger partial charge on any atom is -0.457 e. The summed E-state index contributed by atoms with van der Waals surface area (Å²) in [5.74, 6) is -0.127. The lowest BCUT2D eigenvalue weighted by Crippen LogP contribution is -2.42. The first kappa shape index (κ1) is 21.7. The van der Waals surface area contributed by atoms with Crippen molar-refractivity contribution >= 4 is 23.7 Å². The minimum atomic E-state index is -0.605. The van der Waals surface area contributed by atoms with Gasteiger partial charge in [-0.05, 0) is 43.2 Å². The van der Waals surface area contributed by atoms with E-state index >= 15 is 0 Å². The largest absolute Gasteiger partial charge is 0.457 e. The summed E-state index contributed by atoms with van der Waals surface area (Å²) in [4.78, 5) is 38.6. The van der Waals surface area contributed by atoms with Crippen LogP contribution >= 0.6 is 0 Å². The Morgan fingerprint density at radius 3 is 2.33 bits per heavy atom. The zero-order chi connectivity index (χ0) is 23.5. The van der Waals surface area contributed by atoms with E-state index < -0.39 is 11.8 Å². The molecule has 0 radical (unpaired) electrons. The number of hydrogen-bond donors (Lipinski definition) is 0. The highest BCUT2D eigenvalue weighted by molar-refractivity contribution is 6.19. The SMILES string of the molecule is CC(=O)c1ccc(-c2ccc(/C=C3/C(=O)N(Cc4ccccc4)C(=O)C(C#N)=C3C)o2)cc1. The Morgan fingerprint density at radius 2 is 1.70 bits per heavy atom. The number of imide groups is 1. The molecular formula is C27H20N2O4. The number of nitriles is 1. The molecule has 1 aliphatic rings. The summed E-state index contributed by atoms with van der Waals surface area (Å²) >= 11 is 0. The number of benzene rings is 2. The van der Waals surface area contributed by atoms with Crippen LogP contribution in [-0.2, 0) is 16.1 Å². The maximum Gasteiger partial charge on any atom is 0.271 e. The van der Waals surface area contributed by atoms with Crippen molar-refractivity contribution < 1.29 is 18.8 Å². The van der Waals surface area contributed by atoms with Crippen LogP contribution in [0, 0.1) is 11.3 Å². The fraction of sp³-hybridized carbons (Fsp3) is 0.111. The van der Waals surface area contributed by atoms with E-state index in [9.17, 15) is 19.6 Å². The Kier molecular flexibility index (Phi) is 5.88. The molecule has 0 spiro atoms. The average Bonchev–Trinajstić information content (AvgIpc) is 3.29. The molecule has 0 saturated carbocycles. The maximum absolute atomic E-state index is 13.2. The normalized spacial score (nSPS) is 15.2. The van der Waals surface area contributed by atoms with Crippen molar-refractivity contribution in [2.24, 2.45) is 0 Å². The lowest BCUT2D eigenvalue weighted by Gasteiger charge is -2.27. The number of amides is 2. The van der Waals surface area contributed by atoms with Crippen molar-refractivity contribution in [2.75, 3.05) is 0 Å². The van der Waals surface area contributed by atoms with Gasteiger partial charge in [-0.3, -0.25) is 19.3 Å². The van der Waals surface area contributed by atoms with Gasteiger partial charge in [0.05, 0.1) is 6.54 Å². The molecule has 0 aliphatic carbocycles. The van der Waals surface area contributed by atoms with Crippen LogP contribution in [0.15, 0.2) is 87.9 Å². The molecule has 3 aromatic rings. The van der Waals surface area contributed by atoms with Crippen molar-refractivity contribution in [2.45, 2.75) is 20.4 Å². The zero-order valence-corrected chi connectivity index (χ0v) is 18.2. The fourth-order valence-corrected chi connectivity index (χ4v) is 3.64. The van der Waals surface area contributed by atoms with E-state index in [1.807, 2.05) is 36.4 Å². The van der Waals surface area contributed by atoms with Crippen LogP contribution in [0.5, 0.6) is 0 Å². The second-order valence-corrected chi connectivity index (χ2v) is 7.69. The fourth-order valence-electron chi connectivity index (χ4n) is 3.64. The maximum atomic E-state index is 13.2. The first-order valence-corrected chi connectivity index (χ1v) is 10.3. The molecule has 1 aliphatic heterocycles. The van der Waals surface area contributed by atoms with Crippen LogP contribution in [0.3, 0.4) is 0 Å². The van der Waals surface area contributed by atoms with E-state index in [0.717, 1.165) is 16.0 Å². The molecule has 0 bridgehead atoms. The molecule has 0 atom stereocenters. The third kappa shape index (κ3) is 4.30. The van der Waals surface area contributed by atoms with E-state index in [1.165, 1.54) is 6.92 Å². The summed E-state index contributed by atoms with van der Waals surface area (Å²) in [5, 5.41) is 9.56. The lowest BCUT2D eigenvalue weighted by molar-refractivity contribution is -0.141. The smallest absolute Gasteiger partial charge is 0.271 e. The second kappa shape index (κ2) is 8.93. The molecule has 0 fully saturated rings. The summed E-state index contributed by atoms with van der Waals surface area (Å²) in [5.41, 5.74) is 2.66. The van der Waals surface area contributed by atoms with Crippen LogP contribution in [0.1, 0.15) is 35.5 Å². The molecule has 162 valence electrons. The zero-order valence-electron chi connectivity index (χ0n) is 18.2. The predicted octanol–water partition coefficient (Wildman–Crippen LogP) is 4.94. The monoisotopic (exact) mass is 436 g/mol. The Bertz CT molecular complexity index is 1350. The molecule has 0 unspecified atom stereocenters. The number of rotatable bonds is 5. The van der Waals surface area contributed by atoms with Crippen LogP contribution in [0.2, 0.25) is 0 Å². The highest BCUT2D eigenvalue weighted by Gasteiger charge is 2.35. The summed E-state index contributed by atoms with van der Waals surface area (Å²) in [7, 11) is 0. The van der Waals surface area contributed by atoms with Crippen molar-refractivity contribution in [1.82, 2.24) is 4.90 Å². The summed E-state index contributed by atoms with van der Waals surface area (Å²) in [6.45, 7) is 3.16. The molecule has 1 aromatic heterocycles. The summed E-state index contributed by atoms with van der Waals surface area (Å²) in [6, 6.07) is 21.6. The molecule has 6 nitrogen and oxygen atoms in total. The Hall–Kier alpha value is -4.50. The van der Waals surface area contributed by atoms with Gasteiger partial charge in [0, 0.05) is 16.7 Å². The van der Waals surface area contributed by atoms with E-state index in [-0.39, 0.29) is 23.5 Å². The first-order valence-electron chi connectivity index (χ1n) is 10.3. The Labute approximate surface area is 191 Å².